The van der Waals surface area contributed by atoms with E-state index in [0.29, 0.717) is 23.2 Å². The topological polar surface area (TPSA) is 92.9 Å². The Hall–Kier alpha value is -3.22. The summed E-state index contributed by atoms with van der Waals surface area (Å²) in [5.74, 6) is 0.569. The Morgan fingerprint density at radius 2 is 1.96 bits per heavy atom. The van der Waals surface area contributed by atoms with E-state index in [4.69, 9.17) is 0 Å². The molecule has 3 aromatic rings. The van der Waals surface area contributed by atoms with Gasteiger partial charge in [0.15, 0.2) is 0 Å². The summed E-state index contributed by atoms with van der Waals surface area (Å²) >= 11 is 0. The molecule has 0 radical (unpaired) electrons. The van der Waals surface area contributed by atoms with Gasteiger partial charge in [0.2, 0.25) is 5.95 Å². The Kier molecular flexibility index (Phi) is 3.68. The second-order valence-electron chi connectivity index (χ2n) is 6.18. The molecule has 1 aliphatic carbocycles. The van der Waals surface area contributed by atoms with Gasteiger partial charge in [0.05, 0.1) is 6.20 Å². The molecule has 0 spiro atoms. The number of rotatable bonds is 4. The molecular formula is C18H17N5O2. The van der Waals surface area contributed by atoms with Crippen LogP contribution >= 0.6 is 0 Å². The molecule has 0 unspecified atom stereocenters. The molecule has 25 heavy (non-hydrogen) atoms. The van der Waals surface area contributed by atoms with Crippen molar-refractivity contribution in [3.8, 4) is 28.1 Å². The third-order valence-corrected chi connectivity index (χ3v) is 4.18. The number of aromatic hydroxyl groups is 1. The number of aromatic nitrogens is 4. The molecule has 0 bridgehead atoms. The monoisotopic (exact) mass is 335 g/mol. The van der Waals surface area contributed by atoms with E-state index in [1.807, 2.05) is 12.1 Å². The van der Waals surface area contributed by atoms with Crippen molar-refractivity contribution in [3.63, 3.8) is 0 Å². The molecule has 7 nitrogen and oxygen atoms in total. The molecular weight excluding hydrogens is 318 g/mol. The first-order valence-corrected chi connectivity index (χ1v) is 8.07. The van der Waals surface area contributed by atoms with Crippen LogP contribution in [0.15, 0.2) is 47.5 Å². The number of nitrogens with one attached hydrogen (secondary N) is 1. The number of anilines is 1. The van der Waals surface area contributed by atoms with Crippen molar-refractivity contribution >= 4 is 5.95 Å². The Morgan fingerprint density at radius 1 is 1.16 bits per heavy atom. The van der Waals surface area contributed by atoms with E-state index in [9.17, 15) is 9.90 Å². The second-order valence-corrected chi connectivity index (χ2v) is 6.18. The zero-order valence-corrected chi connectivity index (χ0v) is 13.7. The van der Waals surface area contributed by atoms with E-state index in [1.54, 1.807) is 31.6 Å². The average Bonchev–Trinajstić information content (AvgIpc) is 3.42. The van der Waals surface area contributed by atoms with Gasteiger partial charge in [0.25, 0.3) is 5.56 Å². The van der Waals surface area contributed by atoms with Gasteiger partial charge in [-0.1, -0.05) is 6.07 Å². The summed E-state index contributed by atoms with van der Waals surface area (Å²) in [7, 11) is 1.69. The lowest BCUT2D eigenvalue weighted by Crippen LogP contribution is -2.14. The first kappa shape index (κ1) is 15.3. The fraction of sp³-hybridized carbons (Fsp3) is 0.222. The fourth-order valence-electron chi connectivity index (χ4n) is 2.53. The Bertz CT molecular complexity index is 978. The van der Waals surface area contributed by atoms with Crippen LogP contribution < -0.4 is 10.9 Å². The highest BCUT2D eigenvalue weighted by Gasteiger charge is 2.22. The first-order chi connectivity index (χ1) is 12.1. The SMILES string of the molecule is Cn1ccc(-c2ccc(-c3cnc(NC4CC4)nn3)c(O)c2)cc1=O. The maximum Gasteiger partial charge on any atom is 0.250 e. The first-order valence-electron chi connectivity index (χ1n) is 8.07. The van der Waals surface area contributed by atoms with Crippen molar-refractivity contribution in [2.24, 2.45) is 7.05 Å². The van der Waals surface area contributed by atoms with Crippen molar-refractivity contribution in [2.75, 3.05) is 5.32 Å². The molecule has 0 aliphatic heterocycles. The summed E-state index contributed by atoms with van der Waals surface area (Å²) in [4.78, 5) is 16.0. The summed E-state index contributed by atoms with van der Waals surface area (Å²) in [6.45, 7) is 0. The highest BCUT2D eigenvalue weighted by Crippen LogP contribution is 2.32. The summed E-state index contributed by atoms with van der Waals surface area (Å²) in [6.07, 6.45) is 5.56. The van der Waals surface area contributed by atoms with Gasteiger partial charge in [-0.3, -0.25) is 4.79 Å². The molecule has 1 aliphatic rings. The third kappa shape index (κ3) is 3.21. The zero-order chi connectivity index (χ0) is 17.4. The van der Waals surface area contributed by atoms with Gasteiger partial charge in [-0.15, -0.1) is 10.2 Å². The van der Waals surface area contributed by atoms with Crippen molar-refractivity contribution in [1.82, 2.24) is 19.7 Å². The van der Waals surface area contributed by atoms with Crippen molar-refractivity contribution in [2.45, 2.75) is 18.9 Å². The Labute approximate surface area is 144 Å². The van der Waals surface area contributed by atoms with Crippen LogP contribution in [0.4, 0.5) is 5.95 Å². The maximum absolute atomic E-state index is 11.8. The molecule has 2 heterocycles. The predicted molar refractivity (Wildman–Crippen MR) is 94.2 cm³/mol. The lowest BCUT2D eigenvalue weighted by Gasteiger charge is -2.08. The fourth-order valence-corrected chi connectivity index (χ4v) is 2.53. The molecule has 0 atom stereocenters. The highest BCUT2D eigenvalue weighted by molar-refractivity contribution is 5.73. The van der Waals surface area contributed by atoms with Gasteiger partial charge in [0, 0.05) is 30.9 Å². The number of phenolic OH excluding ortho intramolecular Hbond substituents is 1. The van der Waals surface area contributed by atoms with Gasteiger partial charge >= 0.3 is 0 Å². The molecule has 4 rings (SSSR count). The largest absolute Gasteiger partial charge is 0.507 e. The van der Waals surface area contributed by atoms with Crippen LogP contribution in [0, 0.1) is 0 Å². The average molecular weight is 335 g/mol. The van der Waals surface area contributed by atoms with Gasteiger partial charge in [-0.25, -0.2) is 4.98 Å². The Balaban J connectivity index is 1.62. The number of hydrogen-bond donors (Lipinski definition) is 2. The van der Waals surface area contributed by atoms with Gasteiger partial charge in [-0.05, 0) is 42.2 Å². The standard InChI is InChI=1S/C18H17N5O2/c1-23-7-6-12(9-17(23)25)11-2-5-14(16(24)8-11)15-10-19-18(22-21-15)20-13-3-4-13/h2,5-10,13,24H,3-4H2,1H3,(H,19,20,22). The highest BCUT2D eigenvalue weighted by atomic mass is 16.3. The van der Waals surface area contributed by atoms with Crippen LogP contribution in [-0.4, -0.2) is 30.9 Å². The Morgan fingerprint density at radius 3 is 2.60 bits per heavy atom. The summed E-state index contributed by atoms with van der Waals surface area (Å²) in [6, 6.07) is 9.02. The normalized spacial score (nSPS) is 13.6. The van der Waals surface area contributed by atoms with E-state index in [0.717, 1.165) is 24.0 Å². The number of nitrogens with zero attached hydrogens (tertiary/aromatic N) is 4. The van der Waals surface area contributed by atoms with E-state index >= 15 is 0 Å². The van der Waals surface area contributed by atoms with E-state index in [-0.39, 0.29) is 11.3 Å². The van der Waals surface area contributed by atoms with Gasteiger partial charge in [-0.2, -0.15) is 0 Å². The third-order valence-electron chi connectivity index (χ3n) is 4.18. The van der Waals surface area contributed by atoms with Crippen LogP contribution in [0.3, 0.4) is 0 Å². The molecule has 0 amide bonds. The van der Waals surface area contributed by atoms with Crippen LogP contribution in [0.1, 0.15) is 12.8 Å². The van der Waals surface area contributed by atoms with Gasteiger partial charge < -0.3 is 15.0 Å². The lowest BCUT2D eigenvalue weighted by molar-refractivity contribution is 0.477. The smallest absolute Gasteiger partial charge is 0.250 e. The number of pyridine rings is 1. The molecule has 2 aromatic heterocycles. The molecule has 1 aromatic carbocycles. The lowest BCUT2D eigenvalue weighted by atomic mass is 10.0. The number of phenols is 1. The number of hydrogen-bond acceptors (Lipinski definition) is 6. The van der Waals surface area contributed by atoms with Gasteiger partial charge in [0.1, 0.15) is 11.4 Å². The molecule has 2 N–H and O–H groups in total. The molecule has 126 valence electrons. The molecule has 7 heteroatoms. The minimum atomic E-state index is -0.102. The van der Waals surface area contributed by atoms with Crippen molar-refractivity contribution < 1.29 is 5.11 Å². The molecule has 0 saturated heterocycles. The molecule has 1 fully saturated rings. The minimum absolute atomic E-state index is 0.0668. The minimum Gasteiger partial charge on any atom is -0.507 e. The van der Waals surface area contributed by atoms with Crippen LogP contribution in [0.5, 0.6) is 5.75 Å². The zero-order valence-electron chi connectivity index (χ0n) is 13.7. The van der Waals surface area contributed by atoms with Crippen LogP contribution in [0.2, 0.25) is 0 Å². The van der Waals surface area contributed by atoms with Crippen molar-refractivity contribution in [1.29, 1.82) is 0 Å². The summed E-state index contributed by atoms with van der Waals surface area (Å²) in [5, 5.41) is 21.7. The number of benzene rings is 1. The van der Waals surface area contributed by atoms with Crippen LogP contribution in [-0.2, 0) is 7.05 Å². The predicted octanol–water partition coefficient (Wildman–Crippen LogP) is 2.18. The summed E-state index contributed by atoms with van der Waals surface area (Å²) in [5.41, 5.74) is 2.44. The van der Waals surface area contributed by atoms with Crippen LogP contribution in [0.25, 0.3) is 22.4 Å². The quantitative estimate of drug-likeness (QED) is 0.759. The van der Waals surface area contributed by atoms with Crippen molar-refractivity contribution in [3.05, 3.63) is 53.1 Å². The number of aryl methyl sites for hydroxylation is 1. The maximum atomic E-state index is 11.8. The second kappa shape index (κ2) is 6.01. The summed E-state index contributed by atoms with van der Waals surface area (Å²) < 4.78 is 1.50. The van der Waals surface area contributed by atoms with E-state index in [2.05, 4.69) is 20.5 Å². The van der Waals surface area contributed by atoms with E-state index < -0.39 is 0 Å². The van der Waals surface area contributed by atoms with E-state index in [1.165, 1.54) is 10.6 Å². The molecule has 1 saturated carbocycles.